The fourth-order valence-corrected chi connectivity index (χ4v) is 3.54. The van der Waals surface area contributed by atoms with Gasteiger partial charge in [-0.15, -0.1) is 0 Å². The predicted octanol–water partition coefficient (Wildman–Crippen LogP) is 2.56. The van der Waals surface area contributed by atoms with E-state index < -0.39 is 0 Å². The molecule has 4 rings (SSSR count). The van der Waals surface area contributed by atoms with Crippen molar-refractivity contribution in [3.8, 4) is 11.4 Å². The molecule has 5 heteroatoms. The average molecular weight is 333 g/mol. The van der Waals surface area contributed by atoms with Gasteiger partial charge < -0.3 is 9.47 Å². The van der Waals surface area contributed by atoms with E-state index in [-0.39, 0.29) is 11.3 Å². The Morgan fingerprint density at radius 3 is 2.56 bits per heavy atom. The summed E-state index contributed by atoms with van der Waals surface area (Å²) in [5.41, 5.74) is 2.42. The monoisotopic (exact) mass is 333 g/mol. The molecule has 5 nitrogen and oxygen atoms in total. The molecular formula is C20H19N3O2. The Balaban J connectivity index is 2.01. The number of aromatic nitrogens is 2. The smallest absolute Gasteiger partial charge is 0.258 e. The Labute approximate surface area is 145 Å². The van der Waals surface area contributed by atoms with Crippen molar-refractivity contribution >= 4 is 16.6 Å². The lowest BCUT2D eigenvalue weighted by molar-refractivity contribution is 0.104. The second kappa shape index (κ2) is 5.93. The minimum Gasteiger partial charge on any atom is -0.309 e. The van der Waals surface area contributed by atoms with E-state index in [2.05, 4.69) is 9.88 Å². The van der Waals surface area contributed by atoms with E-state index in [4.69, 9.17) is 0 Å². The van der Waals surface area contributed by atoms with Crippen molar-refractivity contribution in [2.24, 2.45) is 0 Å². The second-order valence-corrected chi connectivity index (χ2v) is 6.61. The Bertz CT molecular complexity index is 1050. The zero-order valence-electron chi connectivity index (χ0n) is 14.3. The van der Waals surface area contributed by atoms with Gasteiger partial charge in [0.1, 0.15) is 0 Å². The Morgan fingerprint density at radius 2 is 1.80 bits per heavy atom. The Hall–Kier alpha value is -2.79. The maximum Gasteiger partial charge on any atom is 0.258 e. The second-order valence-electron chi connectivity index (χ2n) is 6.61. The van der Waals surface area contributed by atoms with Crippen molar-refractivity contribution in [1.29, 1.82) is 0 Å². The number of benzene rings is 1. The first kappa shape index (κ1) is 15.7. The summed E-state index contributed by atoms with van der Waals surface area (Å²) in [7, 11) is 4.02. The topological polar surface area (TPSA) is 55.2 Å². The molecule has 1 aliphatic rings. The molecule has 1 aliphatic carbocycles. The van der Waals surface area contributed by atoms with Gasteiger partial charge >= 0.3 is 0 Å². The summed E-state index contributed by atoms with van der Waals surface area (Å²) in [6.45, 7) is 1.44. The number of nitrogens with zero attached hydrogens (tertiary/aromatic N) is 3. The number of pyridine rings is 2. The quantitative estimate of drug-likeness (QED) is 0.576. The molecule has 0 spiro atoms. The highest BCUT2D eigenvalue weighted by atomic mass is 16.1. The highest BCUT2D eigenvalue weighted by Crippen LogP contribution is 2.37. The first-order chi connectivity index (χ1) is 12.1. The highest BCUT2D eigenvalue weighted by molar-refractivity contribution is 6.26. The van der Waals surface area contributed by atoms with Crippen LogP contribution in [0.2, 0.25) is 0 Å². The largest absolute Gasteiger partial charge is 0.309 e. The number of fused-ring (bicyclic) bond motifs is 5. The van der Waals surface area contributed by atoms with E-state index in [0.717, 1.165) is 13.0 Å². The van der Waals surface area contributed by atoms with Crippen LogP contribution in [0, 0.1) is 0 Å². The molecular weight excluding hydrogens is 314 g/mol. The van der Waals surface area contributed by atoms with E-state index in [1.165, 1.54) is 0 Å². The molecule has 25 heavy (non-hydrogen) atoms. The summed E-state index contributed by atoms with van der Waals surface area (Å²) >= 11 is 0. The highest BCUT2D eigenvalue weighted by Gasteiger charge is 2.33. The van der Waals surface area contributed by atoms with Crippen LogP contribution in [0.4, 0.5) is 0 Å². The van der Waals surface area contributed by atoms with Gasteiger partial charge in [0.15, 0.2) is 5.78 Å². The molecule has 0 N–H and O–H groups in total. The zero-order chi connectivity index (χ0) is 17.6. The molecule has 0 saturated carbocycles. The number of carbonyl (C=O) groups is 1. The van der Waals surface area contributed by atoms with Crippen LogP contribution in [0.15, 0.2) is 47.4 Å². The first-order valence-corrected chi connectivity index (χ1v) is 8.40. The molecule has 0 aliphatic heterocycles. The summed E-state index contributed by atoms with van der Waals surface area (Å²) in [5, 5.41) is 1.31. The van der Waals surface area contributed by atoms with Crippen LogP contribution >= 0.6 is 0 Å². The van der Waals surface area contributed by atoms with Crippen molar-refractivity contribution in [2.75, 3.05) is 20.6 Å². The summed E-state index contributed by atoms with van der Waals surface area (Å²) in [5.74, 6) is -0.0457. The molecule has 1 aromatic carbocycles. The first-order valence-electron chi connectivity index (χ1n) is 8.40. The molecule has 3 aromatic rings. The number of carbonyl (C=O) groups excluding carboxylic acids is 1. The van der Waals surface area contributed by atoms with E-state index >= 15 is 0 Å². The number of rotatable bonds is 4. The van der Waals surface area contributed by atoms with E-state index in [1.54, 1.807) is 29.0 Å². The number of hydrogen-bond donors (Lipinski definition) is 0. The maximum atomic E-state index is 13.1. The molecule has 0 bridgehead atoms. The van der Waals surface area contributed by atoms with Crippen LogP contribution in [0.25, 0.3) is 22.2 Å². The molecule has 0 saturated heterocycles. The standard InChI is InChI=1S/C20H19N3O2/c1-22(2)11-6-12-23-18-16(13-7-3-4-8-14(13)20(23)25)19(24)15-9-5-10-21-17(15)18/h3-5,7-10H,6,11-12H2,1-2H3. The average Bonchev–Trinajstić information content (AvgIpc) is 2.91. The molecule has 2 aromatic heterocycles. The van der Waals surface area contributed by atoms with Gasteiger partial charge in [-0.1, -0.05) is 18.2 Å². The SMILES string of the molecule is CN(C)CCCn1c2c(c3ccccc3c1=O)C(=O)c1cccnc1-2. The Morgan fingerprint density at radius 1 is 1.04 bits per heavy atom. The van der Waals surface area contributed by atoms with Gasteiger partial charge in [-0.2, -0.15) is 0 Å². The normalized spacial score (nSPS) is 12.7. The third-order valence-corrected chi connectivity index (χ3v) is 4.67. The molecule has 0 radical (unpaired) electrons. The van der Waals surface area contributed by atoms with E-state index in [1.807, 2.05) is 32.3 Å². The van der Waals surface area contributed by atoms with Gasteiger partial charge in [0.25, 0.3) is 5.56 Å². The third kappa shape index (κ3) is 2.39. The molecule has 0 amide bonds. The van der Waals surface area contributed by atoms with Crippen molar-refractivity contribution in [3.63, 3.8) is 0 Å². The summed E-state index contributed by atoms with van der Waals surface area (Å²) < 4.78 is 1.73. The van der Waals surface area contributed by atoms with Crippen molar-refractivity contribution in [3.05, 3.63) is 64.1 Å². The van der Waals surface area contributed by atoms with Crippen LogP contribution in [0.5, 0.6) is 0 Å². The summed E-state index contributed by atoms with van der Waals surface area (Å²) in [6.07, 6.45) is 2.50. The number of hydrogen-bond acceptors (Lipinski definition) is 4. The van der Waals surface area contributed by atoms with Crippen LogP contribution in [0.1, 0.15) is 22.3 Å². The molecule has 2 heterocycles. The minimum atomic E-state index is -0.0561. The molecule has 0 fully saturated rings. The van der Waals surface area contributed by atoms with Gasteiger partial charge in [-0.3, -0.25) is 14.6 Å². The van der Waals surface area contributed by atoms with Gasteiger partial charge in [0.2, 0.25) is 0 Å². The fraction of sp³-hybridized carbons (Fsp3) is 0.250. The minimum absolute atomic E-state index is 0.0457. The maximum absolute atomic E-state index is 13.1. The van der Waals surface area contributed by atoms with Crippen LogP contribution in [-0.2, 0) is 6.54 Å². The van der Waals surface area contributed by atoms with Gasteiger partial charge in [-0.05, 0) is 45.3 Å². The lowest BCUT2D eigenvalue weighted by atomic mass is 10.0. The van der Waals surface area contributed by atoms with Crippen molar-refractivity contribution in [1.82, 2.24) is 14.5 Å². The van der Waals surface area contributed by atoms with Crippen LogP contribution in [-0.4, -0.2) is 40.9 Å². The lowest BCUT2D eigenvalue weighted by Crippen LogP contribution is -2.25. The summed E-state index contributed by atoms with van der Waals surface area (Å²) in [6, 6.07) is 10.9. The molecule has 0 unspecified atom stereocenters. The lowest BCUT2D eigenvalue weighted by Gasteiger charge is -2.16. The molecule has 126 valence electrons. The van der Waals surface area contributed by atoms with Crippen molar-refractivity contribution < 1.29 is 4.79 Å². The Kier molecular flexibility index (Phi) is 3.73. The molecule has 0 atom stereocenters. The fourth-order valence-electron chi connectivity index (χ4n) is 3.54. The zero-order valence-corrected chi connectivity index (χ0v) is 14.3. The number of ketones is 1. The van der Waals surface area contributed by atoms with Gasteiger partial charge in [-0.25, -0.2) is 0 Å². The van der Waals surface area contributed by atoms with E-state index in [9.17, 15) is 9.59 Å². The van der Waals surface area contributed by atoms with Gasteiger partial charge in [0.05, 0.1) is 22.5 Å². The van der Waals surface area contributed by atoms with Gasteiger partial charge in [0, 0.05) is 23.5 Å². The predicted molar refractivity (Wildman–Crippen MR) is 98.0 cm³/mol. The summed E-state index contributed by atoms with van der Waals surface area (Å²) in [4.78, 5) is 32.6. The van der Waals surface area contributed by atoms with Crippen LogP contribution in [0.3, 0.4) is 0 Å². The van der Waals surface area contributed by atoms with E-state index in [0.29, 0.717) is 39.8 Å². The third-order valence-electron chi connectivity index (χ3n) is 4.67. The van der Waals surface area contributed by atoms with Crippen LogP contribution < -0.4 is 5.56 Å². The van der Waals surface area contributed by atoms with Crippen molar-refractivity contribution in [2.45, 2.75) is 13.0 Å².